The fraction of sp³-hybridized carbons (Fsp3) is 0.231. The second-order valence-electron chi connectivity index (χ2n) is 4.32. The summed E-state index contributed by atoms with van der Waals surface area (Å²) in [6, 6.07) is 7.68. The lowest BCUT2D eigenvalue weighted by atomic mass is 10.2. The number of nitrogens with two attached hydrogens (primary N) is 1. The lowest BCUT2D eigenvalue weighted by Gasteiger charge is -1.98. The van der Waals surface area contributed by atoms with Crippen LogP contribution in [0.1, 0.15) is 11.3 Å². The van der Waals surface area contributed by atoms with E-state index in [0.717, 1.165) is 28.9 Å². The van der Waals surface area contributed by atoms with Gasteiger partial charge in [-0.05, 0) is 24.7 Å². The van der Waals surface area contributed by atoms with Crippen LogP contribution in [0.3, 0.4) is 0 Å². The number of fused-ring (bicyclic) bond motifs is 3. The third kappa shape index (κ3) is 1.40. The summed E-state index contributed by atoms with van der Waals surface area (Å²) < 4.78 is 4.06. The van der Waals surface area contributed by atoms with Crippen molar-refractivity contribution in [2.24, 2.45) is 12.8 Å². The van der Waals surface area contributed by atoms with Gasteiger partial charge in [-0.2, -0.15) is 5.26 Å². The number of nitrogens with zero attached hydrogens (tertiary/aromatic N) is 4. The molecule has 2 N–H and O–H groups in total. The minimum Gasteiger partial charge on any atom is -0.330 e. The van der Waals surface area contributed by atoms with Crippen LogP contribution in [-0.4, -0.2) is 20.5 Å². The summed E-state index contributed by atoms with van der Waals surface area (Å²) in [5, 5.41) is 8.95. The molecular weight excluding hydrogens is 226 g/mol. The molecule has 0 radical (unpaired) electrons. The van der Waals surface area contributed by atoms with Crippen molar-refractivity contribution in [1.29, 1.82) is 5.26 Å². The number of aromatic nitrogens is 3. The minimum absolute atomic E-state index is 0.613. The molecule has 5 heteroatoms. The minimum atomic E-state index is 0.613. The predicted octanol–water partition coefficient (Wildman–Crippen LogP) is 1.20. The fourth-order valence-electron chi connectivity index (χ4n) is 2.26. The van der Waals surface area contributed by atoms with Crippen molar-refractivity contribution in [3.63, 3.8) is 0 Å². The van der Waals surface area contributed by atoms with E-state index in [9.17, 15) is 0 Å². The highest BCUT2D eigenvalue weighted by Gasteiger charge is 2.11. The van der Waals surface area contributed by atoms with E-state index in [4.69, 9.17) is 11.0 Å². The molecule has 2 heterocycles. The Morgan fingerprint density at radius 1 is 1.44 bits per heavy atom. The molecule has 3 aromatic rings. The Morgan fingerprint density at radius 3 is 3.00 bits per heavy atom. The van der Waals surface area contributed by atoms with Gasteiger partial charge in [-0.25, -0.2) is 4.98 Å². The third-order valence-electron chi connectivity index (χ3n) is 3.21. The molecule has 18 heavy (non-hydrogen) atoms. The summed E-state index contributed by atoms with van der Waals surface area (Å²) in [7, 11) is 1.98. The van der Waals surface area contributed by atoms with Gasteiger partial charge in [-0.1, -0.05) is 0 Å². The first-order chi connectivity index (χ1) is 8.74. The van der Waals surface area contributed by atoms with Gasteiger partial charge >= 0.3 is 0 Å². The summed E-state index contributed by atoms with van der Waals surface area (Å²) in [6.07, 6.45) is 2.86. The van der Waals surface area contributed by atoms with Crippen molar-refractivity contribution in [1.82, 2.24) is 14.0 Å². The molecule has 0 amide bonds. The molecule has 0 aliphatic carbocycles. The Kier molecular flexibility index (Phi) is 2.32. The fourth-order valence-corrected chi connectivity index (χ4v) is 2.26. The van der Waals surface area contributed by atoms with Gasteiger partial charge in [0, 0.05) is 25.4 Å². The van der Waals surface area contributed by atoms with Crippen LogP contribution in [0.15, 0.2) is 24.4 Å². The van der Waals surface area contributed by atoms with Crippen molar-refractivity contribution in [3.05, 3.63) is 35.7 Å². The number of nitriles is 1. The van der Waals surface area contributed by atoms with E-state index >= 15 is 0 Å². The quantitative estimate of drug-likeness (QED) is 0.730. The average Bonchev–Trinajstić information content (AvgIpc) is 2.88. The van der Waals surface area contributed by atoms with Gasteiger partial charge in [0.2, 0.25) is 5.78 Å². The number of rotatable bonds is 2. The summed E-state index contributed by atoms with van der Waals surface area (Å²) in [6.45, 7) is 0.613. The van der Waals surface area contributed by atoms with Gasteiger partial charge in [0.1, 0.15) is 0 Å². The van der Waals surface area contributed by atoms with Crippen molar-refractivity contribution < 1.29 is 0 Å². The molecule has 90 valence electrons. The molecule has 5 nitrogen and oxygen atoms in total. The molecule has 3 rings (SSSR count). The van der Waals surface area contributed by atoms with E-state index in [1.807, 2.05) is 34.3 Å². The second kappa shape index (κ2) is 3.86. The van der Waals surface area contributed by atoms with Gasteiger partial charge in [0.25, 0.3) is 0 Å². The number of imidazole rings is 2. The van der Waals surface area contributed by atoms with Gasteiger partial charge in [0.05, 0.1) is 22.7 Å². The Bertz CT molecular complexity index is 772. The zero-order chi connectivity index (χ0) is 12.7. The number of hydrogen-bond donors (Lipinski definition) is 1. The summed E-state index contributed by atoms with van der Waals surface area (Å²) in [4.78, 5) is 4.57. The topological polar surface area (TPSA) is 72.0 Å². The molecule has 0 saturated heterocycles. The molecular formula is C13H13N5. The van der Waals surface area contributed by atoms with Gasteiger partial charge in [-0.15, -0.1) is 0 Å². The molecule has 1 aromatic carbocycles. The molecule has 0 bridgehead atoms. The van der Waals surface area contributed by atoms with Crippen LogP contribution in [0.25, 0.3) is 16.8 Å². The van der Waals surface area contributed by atoms with Crippen LogP contribution in [0.5, 0.6) is 0 Å². The van der Waals surface area contributed by atoms with Gasteiger partial charge in [-0.3, -0.25) is 4.40 Å². The van der Waals surface area contributed by atoms with Crippen molar-refractivity contribution in [2.75, 3.05) is 6.54 Å². The van der Waals surface area contributed by atoms with E-state index in [1.54, 1.807) is 6.07 Å². The largest absolute Gasteiger partial charge is 0.330 e. The summed E-state index contributed by atoms with van der Waals surface area (Å²) in [5.74, 6) is 0.878. The summed E-state index contributed by atoms with van der Waals surface area (Å²) in [5.41, 5.74) is 9.24. The van der Waals surface area contributed by atoms with Crippen LogP contribution in [0.2, 0.25) is 0 Å². The van der Waals surface area contributed by atoms with E-state index in [1.165, 1.54) is 0 Å². The van der Waals surface area contributed by atoms with Crippen molar-refractivity contribution in [3.8, 4) is 6.07 Å². The molecule has 0 atom stereocenters. The van der Waals surface area contributed by atoms with E-state index in [2.05, 4.69) is 11.1 Å². The lowest BCUT2D eigenvalue weighted by Crippen LogP contribution is -2.06. The average molecular weight is 239 g/mol. The maximum atomic E-state index is 8.95. The molecule has 0 aliphatic heterocycles. The molecule has 0 fully saturated rings. The SMILES string of the molecule is Cn1c(CCN)cn2c3cc(C#N)ccc3nc12. The van der Waals surface area contributed by atoms with E-state index < -0.39 is 0 Å². The highest BCUT2D eigenvalue weighted by Crippen LogP contribution is 2.20. The monoisotopic (exact) mass is 239 g/mol. The second-order valence-corrected chi connectivity index (χ2v) is 4.32. The first kappa shape index (κ1) is 10.8. The zero-order valence-electron chi connectivity index (χ0n) is 10.1. The predicted molar refractivity (Wildman–Crippen MR) is 69.1 cm³/mol. The molecule has 0 saturated carbocycles. The Morgan fingerprint density at radius 2 is 2.28 bits per heavy atom. The van der Waals surface area contributed by atoms with Crippen LogP contribution in [0, 0.1) is 11.3 Å². The number of benzene rings is 1. The van der Waals surface area contributed by atoms with Crippen LogP contribution >= 0.6 is 0 Å². The van der Waals surface area contributed by atoms with Crippen LogP contribution in [-0.2, 0) is 13.5 Å². The molecule has 0 unspecified atom stereocenters. The van der Waals surface area contributed by atoms with Crippen LogP contribution in [0.4, 0.5) is 0 Å². The van der Waals surface area contributed by atoms with E-state index in [0.29, 0.717) is 12.1 Å². The Balaban J connectivity index is 2.33. The standard InChI is InChI=1S/C13H13N5/c1-17-10(4-5-14)8-18-12-6-9(7-15)2-3-11(12)16-13(17)18/h2-3,6,8H,4-5,14H2,1H3. The molecule has 2 aromatic heterocycles. The highest BCUT2D eigenvalue weighted by atomic mass is 15.2. The number of hydrogen-bond acceptors (Lipinski definition) is 3. The zero-order valence-corrected chi connectivity index (χ0v) is 10.1. The summed E-state index contributed by atoms with van der Waals surface area (Å²) >= 11 is 0. The lowest BCUT2D eigenvalue weighted by molar-refractivity contribution is 0.820. The maximum Gasteiger partial charge on any atom is 0.214 e. The van der Waals surface area contributed by atoms with E-state index in [-0.39, 0.29) is 0 Å². The Hall–Kier alpha value is -2.32. The van der Waals surface area contributed by atoms with Crippen molar-refractivity contribution in [2.45, 2.75) is 6.42 Å². The van der Waals surface area contributed by atoms with Crippen LogP contribution < -0.4 is 5.73 Å². The molecule has 0 spiro atoms. The smallest absolute Gasteiger partial charge is 0.214 e. The van der Waals surface area contributed by atoms with Crippen molar-refractivity contribution >= 4 is 16.8 Å². The Labute approximate surface area is 104 Å². The first-order valence-electron chi connectivity index (χ1n) is 5.81. The molecule has 0 aliphatic rings. The normalized spacial score (nSPS) is 11.2. The van der Waals surface area contributed by atoms with Gasteiger partial charge < -0.3 is 10.3 Å². The third-order valence-corrected chi connectivity index (χ3v) is 3.21. The number of aryl methyl sites for hydroxylation is 1. The highest BCUT2D eigenvalue weighted by molar-refractivity contribution is 5.81. The van der Waals surface area contributed by atoms with Gasteiger partial charge in [0.15, 0.2) is 0 Å². The maximum absolute atomic E-state index is 8.95. The first-order valence-corrected chi connectivity index (χ1v) is 5.81.